The average Bonchev–Trinajstić information content (AvgIpc) is 2.86. The van der Waals surface area contributed by atoms with Gasteiger partial charge in [0.05, 0.1) is 0 Å². The molecule has 1 rings (SSSR count). The lowest BCUT2D eigenvalue weighted by atomic mass is 10.0. The van der Waals surface area contributed by atoms with Crippen molar-refractivity contribution in [2.45, 2.75) is 45.6 Å². The second kappa shape index (κ2) is 4.66. The predicted molar refractivity (Wildman–Crippen MR) is 54.2 cm³/mol. The standard InChI is InChI=1S/C11H21N/c1-4-9(3)8-11(12-5-2)10-6-7-10/h10-12H,3-8H2,1-2H3. The van der Waals surface area contributed by atoms with Gasteiger partial charge in [-0.25, -0.2) is 0 Å². The minimum Gasteiger partial charge on any atom is -0.314 e. The Hall–Kier alpha value is -0.300. The van der Waals surface area contributed by atoms with E-state index in [1.54, 1.807) is 0 Å². The average molecular weight is 167 g/mol. The summed E-state index contributed by atoms with van der Waals surface area (Å²) in [6, 6.07) is 0.724. The molecule has 0 aromatic rings. The van der Waals surface area contributed by atoms with Gasteiger partial charge in [-0.05, 0) is 38.1 Å². The SMILES string of the molecule is C=C(CC)CC(NCC)C1CC1. The van der Waals surface area contributed by atoms with Gasteiger partial charge < -0.3 is 5.32 Å². The van der Waals surface area contributed by atoms with Crippen LogP contribution in [0.15, 0.2) is 12.2 Å². The van der Waals surface area contributed by atoms with Gasteiger partial charge in [0.15, 0.2) is 0 Å². The van der Waals surface area contributed by atoms with Crippen LogP contribution < -0.4 is 5.32 Å². The van der Waals surface area contributed by atoms with Crippen molar-refractivity contribution in [1.82, 2.24) is 5.32 Å². The Morgan fingerprint density at radius 3 is 2.58 bits per heavy atom. The summed E-state index contributed by atoms with van der Waals surface area (Å²) in [5, 5.41) is 3.55. The van der Waals surface area contributed by atoms with Gasteiger partial charge in [0.25, 0.3) is 0 Å². The maximum absolute atomic E-state index is 4.07. The minimum absolute atomic E-state index is 0.724. The number of nitrogens with one attached hydrogen (secondary N) is 1. The van der Waals surface area contributed by atoms with Gasteiger partial charge in [-0.2, -0.15) is 0 Å². The highest BCUT2D eigenvalue weighted by Crippen LogP contribution is 2.35. The van der Waals surface area contributed by atoms with Crippen molar-refractivity contribution in [3.05, 3.63) is 12.2 Å². The highest BCUT2D eigenvalue weighted by atomic mass is 14.9. The second-order valence-electron chi connectivity index (χ2n) is 3.81. The highest BCUT2D eigenvalue weighted by molar-refractivity contribution is 5.00. The molecule has 0 spiro atoms. The molecule has 70 valence electrons. The van der Waals surface area contributed by atoms with Crippen LogP contribution in [-0.2, 0) is 0 Å². The monoisotopic (exact) mass is 167 g/mol. The molecular formula is C11H21N. The van der Waals surface area contributed by atoms with E-state index in [0.29, 0.717) is 0 Å². The molecule has 1 saturated carbocycles. The van der Waals surface area contributed by atoms with E-state index in [2.05, 4.69) is 25.7 Å². The molecule has 0 bridgehead atoms. The third kappa shape index (κ3) is 2.98. The minimum atomic E-state index is 0.724. The van der Waals surface area contributed by atoms with Crippen LogP contribution in [0.2, 0.25) is 0 Å². The third-order valence-electron chi connectivity index (χ3n) is 2.67. The maximum atomic E-state index is 4.07. The molecule has 0 aliphatic heterocycles. The Labute approximate surface area is 76.2 Å². The van der Waals surface area contributed by atoms with Crippen molar-refractivity contribution < 1.29 is 0 Å². The van der Waals surface area contributed by atoms with Gasteiger partial charge in [-0.3, -0.25) is 0 Å². The van der Waals surface area contributed by atoms with E-state index in [-0.39, 0.29) is 0 Å². The molecule has 1 fully saturated rings. The van der Waals surface area contributed by atoms with Gasteiger partial charge in [0, 0.05) is 6.04 Å². The van der Waals surface area contributed by atoms with Gasteiger partial charge in [-0.1, -0.05) is 26.0 Å². The fourth-order valence-electron chi connectivity index (χ4n) is 1.62. The Kier molecular flexibility index (Phi) is 3.80. The van der Waals surface area contributed by atoms with Crippen LogP contribution in [0.3, 0.4) is 0 Å². The first-order chi connectivity index (χ1) is 5.77. The molecule has 0 amide bonds. The second-order valence-corrected chi connectivity index (χ2v) is 3.81. The number of hydrogen-bond donors (Lipinski definition) is 1. The van der Waals surface area contributed by atoms with Crippen LogP contribution in [0.25, 0.3) is 0 Å². The van der Waals surface area contributed by atoms with Gasteiger partial charge in [-0.15, -0.1) is 0 Å². The third-order valence-corrected chi connectivity index (χ3v) is 2.67. The van der Waals surface area contributed by atoms with E-state index in [1.165, 1.54) is 24.8 Å². The zero-order valence-electron chi connectivity index (χ0n) is 8.40. The molecular weight excluding hydrogens is 146 g/mol. The van der Waals surface area contributed by atoms with Crippen molar-refractivity contribution in [3.63, 3.8) is 0 Å². The zero-order chi connectivity index (χ0) is 8.97. The summed E-state index contributed by atoms with van der Waals surface area (Å²) in [5.41, 5.74) is 1.40. The molecule has 1 heteroatoms. The summed E-state index contributed by atoms with van der Waals surface area (Å²) in [4.78, 5) is 0. The molecule has 0 heterocycles. The van der Waals surface area contributed by atoms with Crippen molar-refractivity contribution in [1.29, 1.82) is 0 Å². The largest absolute Gasteiger partial charge is 0.314 e. The van der Waals surface area contributed by atoms with Crippen molar-refractivity contribution in [3.8, 4) is 0 Å². The molecule has 12 heavy (non-hydrogen) atoms. The smallest absolute Gasteiger partial charge is 0.0132 e. The molecule has 1 atom stereocenters. The van der Waals surface area contributed by atoms with Crippen LogP contribution in [0.4, 0.5) is 0 Å². The highest BCUT2D eigenvalue weighted by Gasteiger charge is 2.30. The van der Waals surface area contributed by atoms with E-state index in [1.807, 2.05) is 0 Å². The van der Waals surface area contributed by atoms with E-state index in [9.17, 15) is 0 Å². The fraction of sp³-hybridized carbons (Fsp3) is 0.818. The van der Waals surface area contributed by atoms with Gasteiger partial charge in [0.1, 0.15) is 0 Å². The van der Waals surface area contributed by atoms with Crippen molar-refractivity contribution in [2.24, 2.45) is 5.92 Å². The van der Waals surface area contributed by atoms with E-state index >= 15 is 0 Å². The molecule has 0 aromatic heterocycles. The first kappa shape index (κ1) is 9.79. The molecule has 1 nitrogen and oxygen atoms in total. The zero-order valence-corrected chi connectivity index (χ0v) is 8.40. The fourth-order valence-corrected chi connectivity index (χ4v) is 1.62. The number of hydrogen-bond acceptors (Lipinski definition) is 1. The summed E-state index contributed by atoms with van der Waals surface area (Å²) < 4.78 is 0. The molecule has 1 aliphatic rings. The predicted octanol–water partition coefficient (Wildman–Crippen LogP) is 2.73. The van der Waals surface area contributed by atoms with Crippen LogP contribution in [0.5, 0.6) is 0 Å². The first-order valence-corrected chi connectivity index (χ1v) is 5.18. The Bertz CT molecular complexity index is 147. The lowest BCUT2D eigenvalue weighted by Gasteiger charge is -2.17. The van der Waals surface area contributed by atoms with Gasteiger partial charge in [0.2, 0.25) is 0 Å². The van der Waals surface area contributed by atoms with Crippen molar-refractivity contribution in [2.75, 3.05) is 6.54 Å². The summed E-state index contributed by atoms with van der Waals surface area (Å²) >= 11 is 0. The molecule has 1 aliphatic carbocycles. The van der Waals surface area contributed by atoms with Gasteiger partial charge >= 0.3 is 0 Å². The van der Waals surface area contributed by atoms with Crippen LogP contribution in [-0.4, -0.2) is 12.6 Å². The Morgan fingerprint density at radius 2 is 2.17 bits per heavy atom. The quantitative estimate of drug-likeness (QED) is 0.600. The summed E-state index contributed by atoms with van der Waals surface area (Å²) in [6.07, 6.45) is 5.17. The van der Waals surface area contributed by atoms with E-state index < -0.39 is 0 Å². The summed E-state index contributed by atoms with van der Waals surface area (Å²) in [7, 11) is 0. The lowest BCUT2D eigenvalue weighted by Crippen LogP contribution is -2.31. The van der Waals surface area contributed by atoms with Crippen LogP contribution in [0.1, 0.15) is 39.5 Å². The lowest BCUT2D eigenvalue weighted by molar-refractivity contribution is 0.468. The van der Waals surface area contributed by atoms with Crippen molar-refractivity contribution >= 4 is 0 Å². The topological polar surface area (TPSA) is 12.0 Å². The summed E-state index contributed by atoms with van der Waals surface area (Å²) in [6.45, 7) is 9.54. The Balaban J connectivity index is 2.26. The molecule has 0 saturated heterocycles. The van der Waals surface area contributed by atoms with Crippen LogP contribution >= 0.6 is 0 Å². The maximum Gasteiger partial charge on any atom is 0.0132 e. The summed E-state index contributed by atoms with van der Waals surface area (Å²) in [5.74, 6) is 0.952. The Morgan fingerprint density at radius 1 is 1.50 bits per heavy atom. The molecule has 1 N–H and O–H groups in total. The van der Waals surface area contributed by atoms with E-state index in [0.717, 1.165) is 24.9 Å². The first-order valence-electron chi connectivity index (χ1n) is 5.18. The number of rotatable bonds is 6. The normalized spacial score (nSPS) is 19.2. The molecule has 1 unspecified atom stereocenters. The molecule has 0 aromatic carbocycles. The van der Waals surface area contributed by atoms with E-state index in [4.69, 9.17) is 0 Å². The van der Waals surface area contributed by atoms with Crippen LogP contribution in [0, 0.1) is 5.92 Å². The molecule has 0 radical (unpaired) electrons.